The van der Waals surface area contributed by atoms with Crippen LogP contribution in [-0.2, 0) is 0 Å². The van der Waals surface area contributed by atoms with Gasteiger partial charge in [0.2, 0.25) is 0 Å². The third-order valence-corrected chi connectivity index (χ3v) is 2.20. The summed E-state index contributed by atoms with van der Waals surface area (Å²) in [6, 6.07) is 9.83. The van der Waals surface area contributed by atoms with E-state index in [-0.39, 0.29) is 5.56 Å². The Hall–Kier alpha value is -1.77. The highest BCUT2D eigenvalue weighted by molar-refractivity contribution is 5.83. The molecule has 0 saturated carbocycles. The molecular weight excluding hydrogens is 188 g/mol. The number of aromatic amines is 1. The van der Waals surface area contributed by atoms with E-state index in [9.17, 15) is 4.79 Å². The molecule has 0 aliphatic rings. The lowest BCUT2D eigenvalue weighted by Crippen LogP contribution is -2.15. The van der Waals surface area contributed by atoms with Crippen LogP contribution in [0.5, 0.6) is 0 Å². The monoisotopic (exact) mass is 202 g/mol. The van der Waals surface area contributed by atoms with Crippen molar-refractivity contribution in [3.05, 3.63) is 40.7 Å². The molecule has 3 nitrogen and oxygen atoms in total. The van der Waals surface area contributed by atoms with Crippen molar-refractivity contribution in [1.29, 1.82) is 0 Å². The fraction of sp³-hybridized carbons (Fsp3) is 0.250. The van der Waals surface area contributed by atoms with Crippen molar-refractivity contribution in [2.24, 2.45) is 0 Å². The molecule has 1 heterocycles. The number of hydrogen-bond acceptors (Lipinski definition) is 2. The predicted octanol–water partition coefficient (Wildman–Crippen LogP) is 2.35. The molecule has 15 heavy (non-hydrogen) atoms. The van der Waals surface area contributed by atoms with Gasteiger partial charge in [-0.25, -0.2) is 0 Å². The van der Waals surface area contributed by atoms with Crippen LogP contribution in [0.15, 0.2) is 35.1 Å². The average molecular weight is 202 g/mol. The second kappa shape index (κ2) is 3.77. The molecule has 0 amide bonds. The van der Waals surface area contributed by atoms with E-state index in [1.807, 2.05) is 44.2 Å². The Morgan fingerprint density at radius 3 is 2.73 bits per heavy atom. The number of fused-ring (bicyclic) bond motifs is 1. The Morgan fingerprint density at radius 2 is 2.00 bits per heavy atom. The fourth-order valence-electron chi connectivity index (χ4n) is 1.60. The number of anilines is 1. The number of aromatic nitrogens is 1. The second-order valence-corrected chi connectivity index (χ2v) is 3.90. The lowest BCUT2D eigenvalue weighted by molar-refractivity contribution is 0.888. The zero-order valence-electron chi connectivity index (χ0n) is 8.87. The van der Waals surface area contributed by atoms with Gasteiger partial charge in [-0.2, -0.15) is 0 Å². The topological polar surface area (TPSA) is 44.9 Å². The molecule has 2 aromatic rings. The van der Waals surface area contributed by atoms with Gasteiger partial charge < -0.3 is 10.3 Å². The largest absolute Gasteiger partial charge is 0.369 e. The molecule has 0 radical (unpaired) electrons. The lowest BCUT2D eigenvalue weighted by Gasteiger charge is -2.09. The van der Waals surface area contributed by atoms with Gasteiger partial charge in [-0.05, 0) is 31.4 Å². The maximum absolute atomic E-state index is 11.7. The van der Waals surface area contributed by atoms with Gasteiger partial charge in [-0.1, -0.05) is 18.2 Å². The van der Waals surface area contributed by atoms with Crippen molar-refractivity contribution in [3.63, 3.8) is 0 Å². The van der Waals surface area contributed by atoms with Gasteiger partial charge in [-0.3, -0.25) is 4.79 Å². The van der Waals surface area contributed by atoms with Crippen LogP contribution in [-0.4, -0.2) is 11.0 Å². The van der Waals surface area contributed by atoms with Gasteiger partial charge in [-0.15, -0.1) is 0 Å². The minimum atomic E-state index is -0.0451. The van der Waals surface area contributed by atoms with Crippen LogP contribution in [0.3, 0.4) is 0 Å². The highest BCUT2D eigenvalue weighted by atomic mass is 16.1. The van der Waals surface area contributed by atoms with E-state index in [1.54, 1.807) is 0 Å². The van der Waals surface area contributed by atoms with Crippen LogP contribution >= 0.6 is 0 Å². The van der Waals surface area contributed by atoms with Gasteiger partial charge in [0.1, 0.15) is 5.82 Å². The SMILES string of the molecule is CC(C)Nc1cc2ccccc2c(=O)[nH]1. The smallest absolute Gasteiger partial charge is 0.257 e. The van der Waals surface area contributed by atoms with Crippen molar-refractivity contribution >= 4 is 16.6 Å². The minimum Gasteiger partial charge on any atom is -0.369 e. The minimum absolute atomic E-state index is 0.0451. The van der Waals surface area contributed by atoms with E-state index < -0.39 is 0 Å². The highest BCUT2D eigenvalue weighted by Crippen LogP contribution is 2.12. The van der Waals surface area contributed by atoms with Crippen LogP contribution in [0, 0.1) is 0 Å². The normalized spacial score (nSPS) is 10.9. The molecule has 1 aromatic heterocycles. The van der Waals surface area contributed by atoms with Gasteiger partial charge in [0.05, 0.1) is 0 Å². The first-order chi connectivity index (χ1) is 7.16. The first-order valence-electron chi connectivity index (χ1n) is 5.05. The molecule has 3 heteroatoms. The van der Waals surface area contributed by atoms with Gasteiger partial charge in [0.15, 0.2) is 0 Å². The zero-order valence-corrected chi connectivity index (χ0v) is 8.87. The standard InChI is InChI=1S/C12H14N2O/c1-8(2)13-11-7-9-5-3-4-6-10(9)12(15)14-11/h3-8H,1-2H3,(H2,13,14,15). The molecule has 2 N–H and O–H groups in total. The summed E-state index contributed by atoms with van der Waals surface area (Å²) in [7, 11) is 0. The van der Waals surface area contributed by atoms with Crippen LogP contribution in [0.2, 0.25) is 0 Å². The quantitative estimate of drug-likeness (QED) is 0.785. The van der Waals surface area contributed by atoms with Crippen molar-refractivity contribution in [2.45, 2.75) is 19.9 Å². The predicted molar refractivity (Wildman–Crippen MR) is 63.3 cm³/mol. The lowest BCUT2D eigenvalue weighted by atomic mass is 10.2. The molecule has 0 aliphatic carbocycles. The first-order valence-corrected chi connectivity index (χ1v) is 5.05. The summed E-state index contributed by atoms with van der Waals surface area (Å²) in [6.07, 6.45) is 0. The number of benzene rings is 1. The van der Waals surface area contributed by atoms with Crippen LogP contribution in [0.1, 0.15) is 13.8 Å². The van der Waals surface area contributed by atoms with E-state index in [0.717, 1.165) is 16.6 Å². The zero-order chi connectivity index (χ0) is 10.8. The van der Waals surface area contributed by atoms with E-state index in [4.69, 9.17) is 0 Å². The second-order valence-electron chi connectivity index (χ2n) is 3.90. The molecule has 0 bridgehead atoms. The third-order valence-electron chi connectivity index (χ3n) is 2.20. The molecule has 0 saturated heterocycles. The maximum atomic E-state index is 11.7. The summed E-state index contributed by atoms with van der Waals surface area (Å²) in [5.41, 5.74) is -0.0451. The Morgan fingerprint density at radius 1 is 1.27 bits per heavy atom. The number of hydrogen-bond donors (Lipinski definition) is 2. The van der Waals surface area contributed by atoms with Crippen LogP contribution < -0.4 is 10.9 Å². The van der Waals surface area contributed by atoms with Crippen molar-refractivity contribution in [3.8, 4) is 0 Å². The number of rotatable bonds is 2. The highest BCUT2D eigenvalue weighted by Gasteiger charge is 2.01. The van der Waals surface area contributed by atoms with Gasteiger partial charge in [0.25, 0.3) is 5.56 Å². The Labute approximate surface area is 88.1 Å². The molecule has 0 aliphatic heterocycles. The Bertz CT molecular complexity index is 528. The summed E-state index contributed by atoms with van der Waals surface area (Å²) in [4.78, 5) is 14.5. The maximum Gasteiger partial charge on any atom is 0.257 e. The molecule has 0 spiro atoms. The number of H-pyrrole nitrogens is 1. The van der Waals surface area contributed by atoms with Gasteiger partial charge in [0, 0.05) is 11.4 Å². The summed E-state index contributed by atoms with van der Waals surface area (Å²) in [5, 5.41) is 4.87. The molecular formula is C12H14N2O. The summed E-state index contributed by atoms with van der Waals surface area (Å²) >= 11 is 0. The molecule has 0 atom stereocenters. The first kappa shape index (κ1) is 9.77. The number of pyridine rings is 1. The molecule has 2 rings (SSSR count). The fourth-order valence-corrected chi connectivity index (χ4v) is 1.60. The summed E-state index contributed by atoms with van der Waals surface area (Å²) < 4.78 is 0. The van der Waals surface area contributed by atoms with E-state index in [0.29, 0.717) is 6.04 Å². The van der Waals surface area contributed by atoms with Crippen molar-refractivity contribution < 1.29 is 0 Å². The Kier molecular flexibility index (Phi) is 2.46. The average Bonchev–Trinajstić information content (AvgIpc) is 2.16. The van der Waals surface area contributed by atoms with Gasteiger partial charge >= 0.3 is 0 Å². The van der Waals surface area contributed by atoms with Crippen LogP contribution in [0.25, 0.3) is 10.8 Å². The van der Waals surface area contributed by atoms with E-state index in [2.05, 4.69) is 10.3 Å². The molecule has 78 valence electrons. The molecule has 0 fully saturated rings. The Balaban J connectivity index is 2.57. The third kappa shape index (κ3) is 2.01. The van der Waals surface area contributed by atoms with Crippen molar-refractivity contribution in [1.82, 2.24) is 4.98 Å². The molecule has 1 aromatic carbocycles. The summed E-state index contributed by atoms with van der Waals surface area (Å²) in [5.74, 6) is 0.772. The number of nitrogens with one attached hydrogen (secondary N) is 2. The molecule has 0 unspecified atom stereocenters. The summed E-state index contributed by atoms with van der Waals surface area (Å²) in [6.45, 7) is 4.07. The van der Waals surface area contributed by atoms with Crippen LogP contribution in [0.4, 0.5) is 5.82 Å². The van der Waals surface area contributed by atoms with E-state index >= 15 is 0 Å². The van der Waals surface area contributed by atoms with Crippen molar-refractivity contribution in [2.75, 3.05) is 5.32 Å². The van der Waals surface area contributed by atoms with E-state index in [1.165, 1.54) is 0 Å².